The molecule has 108 valence electrons. The number of carbonyl (C=O) groups excluding carboxylic acids is 1. The molecule has 0 aliphatic carbocycles. The first-order chi connectivity index (χ1) is 10.1. The third-order valence-corrected chi connectivity index (χ3v) is 5.42. The number of aromatic nitrogens is 1. The quantitative estimate of drug-likeness (QED) is 0.800. The van der Waals surface area contributed by atoms with Crippen LogP contribution in [0, 0.1) is 0 Å². The summed E-state index contributed by atoms with van der Waals surface area (Å²) >= 11 is 3.09. The molecular weight excluding hydrogens is 302 g/mol. The van der Waals surface area contributed by atoms with Crippen molar-refractivity contribution in [3.05, 3.63) is 46.2 Å². The van der Waals surface area contributed by atoms with Crippen molar-refractivity contribution in [1.29, 1.82) is 0 Å². The number of nitrogens with zero attached hydrogens (tertiary/aromatic N) is 2. The number of thiophene rings is 1. The summed E-state index contributed by atoms with van der Waals surface area (Å²) < 4.78 is 0.998. The van der Waals surface area contributed by atoms with Crippen LogP contribution in [0.3, 0.4) is 0 Å². The zero-order valence-electron chi connectivity index (χ0n) is 11.7. The molecule has 3 aromatic rings. The molecule has 2 aromatic heterocycles. The van der Waals surface area contributed by atoms with Gasteiger partial charge in [-0.1, -0.05) is 17.4 Å². The topological polar surface area (TPSA) is 59.2 Å². The second kappa shape index (κ2) is 5.46. The van der Waals surface area contributed by atoms with Crippen molar-refractivity contribution in [2.45, 2.75) is 13.0 Å². The number of rotatable bonds is 3. The van der Waals surface area contributed by atoms with Crippen LogP contribution in [0.5, 0.6) is 0 Å². The average Bonchev–Trinajstić information content (AvgIpc) is 3.12. The smallest absolute Gasteiger partial charge is 0.254 e. The molecule has 0 saturated carbocycles. The molecule has 0 unspecified atom stereocenters. The molecule has 0 spiro atoms. The summed E-state index contributed by atoms with van der Waals surface area (Å²) in [5, 5.41) is 2.55. The third-order valence-electron chi connectivity index (χ3n) is 3.51. The molecule has 3 rings (SSSR count). The van der Waals surface area contributed by atoms with Crippen molar-refractivity contribution >= 4 is 43.9 Å². The van der Waals surface area contributed by atoms with Crippen molar-refractivity contribution in [2.24, 2.45) is 0 Å². The van der Waals surface area contributed by atoms with Gasteiger partial charge in [0, 0.05) is 17.5 Å². The van der Waals surface area contributed by atoms with Gasteiger partial charge in [0.15, 0.2) is 5.13 Å². The highest BCUT2D eigenvalue weighted by Crippen LogP contribution is 2.27. The summed E-state index contributed by atoms with van der Waals surface area (Å²) in [5.41, 5.74) is 7.12. The maximum absolute atomic E-state index is 12.6. The van der Waals surface area contributed by atoms with Crippen LogP contribution in [-0.2, 0) is 0 Å². The monoisotopic (exact) mass is 317 g/mol. The molecule has 0 aliphatic heterocycles. The van der Waals surface area contributed by atoms with Gasteiger partial charge in [-0.3, -0.25) is 4.79 Å². The van der Waals surface area contributed by atoms with Crippen LogP contribution in [-0.4, -0.2) is 22.8 Å². The number of benzene rings is 1. The lowest BCUT2D eigenvalue weighted by Gasteiger charge is -2.24. The van der Waals surface area contributed by atoms with Crippen LogP contribution in [0.2, 0.25) is 0 Å². The van der Waals surface area contributed by atoms with Crippen LogP contribution in [0.4, 0.5) is 5.13 Å². The Morgan fingerprint density at radius 1 is 1.38 bits per heavy atom. The Bertz CT molecular complexity index is 779. The molecule has 21 heavy (non-hydrogen) atoms. The predicted octanol–water partition coefficient (Wildman–Crippen LogP) is 3.77. The van der Waals surface area contributed by atoms with E-state index in [0.29, 0.717) is 10.7 Å². The largest absolute Gasteiger partial charge is 0.375 e. The van der Waals surface area contributed by atoms with E-state index in [1.54, 1.807) is 16.2 Å². The van der Waals surface area contributed by atoms with Gasteiger partial charge < -0.3 is 10.6 Å². The standard InChI is InChI=1S/C15H15N3OS2/c1-9(12-4-3-7-20-12)18(2)14(19)10-5-6-13-11(8-10)17-15(16)21-13/h3-9H,1-2H3,(H2,16,17)/t9-/m1/s1. The van der Waals surface area contributed by atoms with E-state index in [-0.39, 0.29) is 11.9 Å². The average molecular weight is 317 g/mol. The SMILES string of the molecule is C[C@H](c1cccs1)N(C)C(=O)c1ccc2sc(N)nc2c1. The number of fused-ring (bicyclic) bond motifs is 1. The van der Waals surface area contributed by atoms with Gasteiger partial charge in [-0.15, -0.1) is 11.3 Å². The van der Waals surface area contributed by atoms with E-state index in [1.165, 1.54) is 16.2 Å². The van der Waals surface area contributed by atoms with Crippen molar-refractivity contribution < 1.29 is 4.79 Å². The molecule has 0 saturated heterocycles. The fourth-order valence-corrected chi connectivity index (χ4v) is 3.72. The molecule has 1 amide bonds. The Labute approximate surface area is 130 Å². The van der Waals surface area contributed by atoms with E-state index in [0.717, 1.165) is 10.2 Å². The number of anilines is 1. The van der Waals surface area contributed by atoms with Crippen molar-refractivity contribution in [1.82, 2.24) is 9.88 Å². The van der Waals surface area contributed by atoms with Gasteiger partial charge in [-0.05, 0) is 36.6 Å². The Kier molecular flexibility index (Phi) is 3.65. The van der Waals surface area contributed by atoms with E-state index in [2.05, 4.69) is 4.98 Å². The van der Waals surface area contributed by atoms with E-state index < -0.39 is 0 Å². The number of nitrogens with two attached hydrogens (primary N) is 1. The van der Waals surface area contributed by atoms with E-state index in [9.17, 15) is 4.79 Å². The second-order valence-electron chi connectivity index (χ2n) is 4.84. The van der Waals surface area contributed by atoms with E-state index >= 15 is 0 Å². The minimum Gasteiger partial charge on any atom is -0.375 e. The number of hydrogen-bond donors (Lipinski definition) is 1. The van der Waals surface area contributed by atoms with Gasteiger partial charge in [0.1, 0.15) is 0 Å². The number of thiazole rings is 1. The molecule has 4 nitrogen and oxygen atoms in total. The van der Waals surface area contributed by atoms with Gasteiger partial charge in [0.25, 0.3) is 5.91 Å². The predicted molar refractivity (Wildman–Crippen MR) is 88.9 cm³/mol. The van der Waals surface area contributed by atoms with Crippen molar-refractivity contribution in [3.63, 3.8) is 0 Å². The van der Waals surface area contributed by atoms with E-state index in [4.69, 9.17) is 5.73 Å². The summed E-state index contributed by atoms with van der Waals surface area (Å²) in [4.78, 5) is 19.8. The number of carbonyl (C=O) groups is 1. The fourth-order valence-electron chi connectivity index (χ4n) is 2.18. The van der Waals surface area contributed by atoms with Crippen molar-refractivity contribution in [3.8, 4) is 0 Å². The number of hydrogen-bond acceptors (Lipinski definition) is 5. The molecule has 6 heteroatoms. The van der Waals surface area contributed by atoms with Crippen molar-refractivity contribution in [2.75, 3.05) is 12.8 Å². The Morgan fingerprint density at radius 2 is 2.19 bits per heavy atom. The Balaban J connectivity index is 1.88. The summed E-state index contributed by atoms with van der Waals surface area (Å²) in [6.45, 7) is 2.03. The normalized spacial score (nSPS) is 12.5. The van der Waals surface area contributed by atoms with Gasteiger partial charge in [-0.2, -0.15) is 0 Å². The summed E-state index contributed by atoms with van der Waals surface area (Å²) in [6.07, 6.45) is 0. The van der Waals surface area contributed by atoms with Crippen LogP contribution in [0.25, 0.3) is 10.2 Å². The lowest BCUT2D eigenvalue weighted by atomic mass is 10.1. The summed E-state index contributed by atoms with van der Waals surface area (Å²) in [7, 11) is 1.83. The minimum absolute atomic E-state index is 0.00984. The highest BCUT2D eigenvalue weighted by atomic mass is 32.1. The maximum atomic E-state index is 12.6. The van der Waals surface area contributed by atoms with Gasteiger partial charge in [0.2, 0.25) is 0 Å². The lowest BCUT2D eigenvalue weighted by Crippen LogP contribution is -2.29. The number of nitrogen functional groups attached to an aromatic ring is 1. The van der Waals surface area contributed by atoms with Crippen LogP contribution < -0.4 is 5.73 Å². The highest BCUT2D eigenvalue weighted by molar-refractivity contribution is 7.22. The highest BCUT2D eigenvalue weighted by Gasteiger charge is 2.20. The molecule has 0 aliphatic rings. The fraction of sp³-hybridized carbons (Fsp3) is 0.200. The summed E-state index contributed by atoms with van der Waals surface area (Å²) in [6, 6.07) is 9.64. The Morgan fingerprint density at radius 3 is 2.90 bits per heavy atom. The molecule has 1 atom stereocenters. The summed E-state index contributed by atoms with van der Waals surface area (Å²) in [5.74, 6) is -0.00984. The third kappa shape index (κ3) is 2.64. The zero-order valence-corrected chi connectivity index (χ0v) is 13.4. The second-order valence-corrected chi connectivity index (χ2v) is 6.88. The molecule has 2 N–H and O–H groups in total. The molecular formula is C15H15N3OS2. The molecule has 1 aromatic carbocycles. The zero-order chi connectivity index (χ0) is 15.0. The van der Waals surface area contributed by atoms with Gasteiger partial charge in [0.05, 0.1) is 16.3 Å². The van der Waals surface area contributed by atoms with Crippen LogP contribution in [0.15, 0.2) is 35.7 Å². The van der Waals surface area contributed by atoms with Crippen LogP contribution >= 0.6 is 22.7 Å². The molecule has 2 heterocycles. The van der Waals surface area contributed by atoms with E-state index in [1.807, 2.05) is 49.7 Å². The Hall–Kier alpha value is -1.92. The first-order valence-corrected chi connectivity index (χ1v) is 8.22. The first-order valence-electron chi connectivity index (χ1n) is 6.53. The van der Waals surface area contributed by atoms with Gasteiger partial charge in [-0.25, -0.2) is 4.98 Å². The molecule has 0 fully saturated rings. The molecule has 0 radical (unpaired) electrons. The maximum Gasteiger partial charge on any atom is 0.254 e. The van der Waals surface area contributed by atoms with Crippen LogP contribution in [0.1, 0.15) is 28.2 Å². The van der Waals surface area contributed by atoms with Gasteiger partial charge >= 0.3 is 0 Å². The molecule has 0 bridgehead atoms. The first kappa shape index (κ1) is 14.0. The lowest BCUT2D eigenvalue weighted by molar-refractivity contribution is 0.0745. The minimum atomic E-state index is -0.00984. The number of amides is 1.